The van der Waals surface area contributed by atoms with Crippen molar-refractivity contribution in [1.29, 1.82) is 5.26 Å². The Morgan fingerprint density at radius 2 is 1.77 bits per heavy atom. The fourth-order valence-electron chi connectivity index (χ4n) is 2.35. The number of aromatic nitrogens is 2. The third-order valence-electron chi connectivity index (χ3n) is 3.53. The lowest BCUT2D eigenvalue weighted by atomic mass is 10.2. The number of carbonyl (C=O) groups is 1. The molecule has 0 aliphatic heterocycles. The molecule has 0 bridgehead atoms. The molecule has 0 amide bonds. The summed E-state index contributed by atoms with van der Waals surface area (Å²) in [7, 11) is 0. The van der Waals surface area contributed by atoms with E-state index < -0.39 is 63.2 Å². The van der Waals surface area contributed by atoms with Gasteiger partial charge in [-0.15, -0.1) is 0 Å². The molecule has 0 aliphatic rings. The highest BCUT2D eigenvalue weighted by atomic mass is 35.5. The van der Waals surface area contributed by atoms with Gasteiger partial charge in [-0.3, -0.25) is 4.79 Å². The van der Waals surface area contributed by atoms with Crippen molar-refractivity contribution < 1.29 is 35.9 Å². The number of esters is 1. The summed E-state index contributed by atoms with van der Waals surface area (Å²) in [5.41, 5.74) is -4.46. The topological polar surface area (TPSA) is 79.9 Å². The number of alkyl halides is 6. The molecule has 1 N–H and O–H groups in total. The molecule has 14 heteroatoms. The van der Waals surface area contributed by atoms with E-state index in [0.29, 0.717) is 16.8 Å². The lowest BCUT2D eigenvalue weighted by molar-refractivity contribution is -0.142. The van der Waals surface area contributed by atoms with Gasteiger partial charge in [-0.25, -0.2) is 4.68 Å². The average Bonchev–Trinajstić information content (AvgIpc) is 2.97. The van der Waals surface area contributed by atoms with Crippen molar-refractivity contribution in [1.82, 2.24) is 9.78 Å². The van der Waals surface area contributed by atoms with Crippen molar-refractivity contribution in [2.45, 2.75) is 19.3 Å². The summed E-state index contributed by atoms with van der Waals surface area (Å²) in [6.07, 6.45) is -9.92. The van der Waals surface area contributed by atoms with Crippen LogP contribution in [0.3, 0.4) is 0 Å². The number of halogens is 8. The number of nitriles is 1. The SMILES string of the molecule is CCOC(=O)CNc1c(C#N)c(C(F)(F)F)nn1-c1c(Cl)cc(C(F)(F)F)cc1Cl. The molecule has 2 aromatic rings. The van der Waals surface area contributed by atoms with Gasteiger partial charge in [-0.2, -0.15) is 36.7 Å². The Labute approximate surface area is 174 Å². The number of rotatable bonds is 5. The fraction of sp³-hybridized carbons (Fsp3) is 0.312. The molecule has 0 unspecified atom stereocenters. The molecule has 0 saturated carbocycles. The standard InChI is InChI=1S/C16H10Cl2F6N4O2/c1-2-30-11(29)6-26-14-8(5-25)13(16(22,23)24)27-28(14)12-9(17)3-7(4-10(12)18)15(19,20)21/h3-4,26H,2,6H2,1H3. The van der Waals surface area contributed by atoms with Gasteiger partial charge < -0.3 is 10.1 Å². The fourth-order valence-corrected chi connectivity index (χ4v) is 2.99. The summed E-state index contributed by atoms with van der Waals surface area (Å²) in [6, 6.07) is 2.19. The van der Waals surface area contributed by atoms with Gasteiger partial charge in [0.25, 0.3) is 0 Å². The van der Waals surface area contributed by atoms with Crippen molar-refractivity contribution in [2.75, 3.05) is 18.5 Å². The van der Waals surface area contributed by atoms with Crippen LogP contribution in [0.4, 0.5) is 32.2 Å². The first-order valence-electron chi connectivity index (χ1n) is 7.87. The van der Waals surface area contributed by atoms with E-state index in [2.05, 4.69) is 15.2 Å². The lowest BCUT2D eigenvalue weighted by Gasteiger charge is -2.15. The molecule has 0 fully saturated rings. The van der Waals surface area contributed by atoms with Crippen LogP contribution >= 0.6 is 23.2 Å². The van der Waals surface area contributed by atoms with Gasteiger partial charge in [0.15, 0.2) is 5.69 Å². The van der Waals surface area contributed by atoms with Crippen LogP contribution in [0.5, 0.6) is 0 Å². The van der Waals surface area contributed by atoms with E-state index in [-0.39, 0.29) is 6.61 Å². The smallest absolute Gasteiger partial charge is 0.436 e. The van der Waals surface area contributed by atoms with E-state index in [9.17, 15) is 36.4 Å². The third-order valence-corrected chi connectivity index (χ3v) is 4.10. The van der Waals surface area contributed by atoms with Crippen LogP contribution in [0.1, 0.15) is 23.7 Å². The second-order valence-corrected chi connectivity index (χ2v) is 6.35. The maximum Gasteiger partial charge on any atom is 0.436 e. The van der Waals surface area contributed by atoms with E-state index >= 15 is 0 Å². The number of nitrogens with zero attached hydrogens (tertiary/aromatic N) is 3. The van der Waals surface area contributed by atoms with E-state index in [1.807, 2.05) is 0 Å². The number of ether oxygens (including phenoxy) is 1. The molecule has 162 valence electrons. The third kappa shape index (κ3) is 4.91. The minimum atomic E-state index is -5.10. The molecule has 0 atom stereocenters. The molecule has 6 nitrogen and oxygen atoms in total. The summed E-state index contributed by atoms with van der Waals surface area (Å²) >= 11 is 11.7. The largest absolute Gasteiger partial charge is 0.465 e. The van der Waals surface area contributed by atoms with Crippen LogP contribution in [0.25, 0.3) is 5.69 Å². The molecular weight excluding hydrogens is 465 g/mol. The van der Waals surface area contributed by atoms with Crippen molar-refractivity contribution in [3.63, 3.8) is 0 Å². The molecular formula is C16H10Cl2F6N4O2. The Balaban J connectivity index is 2.72. The zero-order valence-electron chi connectivity index (χ0n) is 14.8. The molecule has 0 saturated heterocycles. The highest BCUT2D eigenvalue weighted by Gasteiger charge is 2.41. The van der Waals surface area contributed by atoms with Crippen LogP contribution in [-0.2, 0) is 21.9 Å². The number of carbonyl (C=O) groups excluding carboxylic acids is 1. The molecule has 0 aliphatic carbocycles. The Morgan fingerprint density at radius 1 is 1.20 bits per heavy atom. The van der Waals surface area contributed by atoms with Crippen molar-refractivity contribution in [2.24, 2.45) is 0 Å². The number of benzene rings is 1. The van der Waals surface area contributed by atoms with Gasteiger partial charge in [-0.05, 0) is 19.1 Å². The highest BCUT2D eigenvalue weighted by molar-refractivity contribution is 6.38. The zero-order valence-corrected chi connectivity index (χ0v) is 16.3. The highest BCUT2D eigenvalue weighted by Crippen LogP contribution is 2.41. The van der Waals surface area contributed by atoms with Crippen LogP contribution < -0.4 is 5.32 Å². The zero-order chi connectivity index (χ0) is 22.9. The minimum absolute atomic E-state index is 0.0186. The summed E-state index contributed by atoms with van der Waals surface area (Å²) < 4.78 is 83.8. The molecule has 30 heavy (non-hydrogen) atoms. The van der Waals surface area contributed by atoms with Crippen LogP contribution in [-0.4, -0.2) is 28.9 Å². The van der Waals surface area contributed by atoms with Crippen LogP contribution in [0, 0.1) is 11.3 Å². The summed E-state index contributed by atoms with van der Waals surface area (Å²) in [6.45, 7) is 0.809. The first-order valence-corrected chi connectivity index (χ1v) is 8.63. The monoisotopic (exact) mass is 474 g/mol. The number of hydrogen-bond acceptors (Lipinski definition) is 5. The maximum atomic E-state index is 13.3. The first-order chi connectivity index (χ1) is 13.8. The predicted molar refractivity (Wildman–Crippen MR) is 93.4 cm³/mol. The Morgan fingerprint density at radius 3 is 2.20 bits per heavy atom. The summed E-state index contributed by atoms with van der Waals surface area (Å²) in [4.78, 5) is 11.6. The van der Waals surface area contributed by atoms with Gasteiger partial charge in [0.2, 0.25) is 0 Å². The molecule has 0 radical (unpaired) electrons. The maximum absolute atomic E-state index is 13.3. The quantitative estimate of drug-likeness (QED) is 0.483. The Hall–Kier alpha value is -2.65. The van der Waals surface area contributed by atoms with Crippen LogP contribution in [0.15, 0.2) is 12.1 Å². The molecule has 2 rings (SSSR count). The van der Waals surface area contributed by atoms with E-state index in [1.165, 1.54) is 13.0 Å². The summed E-state index contributed by atoms with van der Waals surface area (Å²) in [5, 5.41) is 13.4. The van der Waals surface area contributed by atoms with Gasteiger partial charge in [-0.1, -0.05) is 23.2 Å². The predicted octanol–water partition coefficient (Wildman–Crippen LogP) is 5.06. The second kappa shape index (κ2) is 8.61. The van der Waals surface area contributed by atoms with E-state index in [0.717, 1.165) is 0 Å². The Kier molecular flexibility index (Phi) is 6.78. The minimum Gasteiger partial charge on any atom is -0.465 e. The number of anilines is 1. The van der Waals surface area contributed by atoms with Gasteiger partial charge in [0, 0.05) is 0 Å². The van der Waals surface area contributed by atoms with Crippen molar-refractivity contribution in [3.05, 3.63) is 39.0 Å². The average molecular weight is 475 g/mol. The van der Waals surface area contributed by atoms with Crippen molar-refractivity contribution in [3.8, 4) is 11.8 Å². The van der Waals surface area contributed by atoms with Gasteiger partial charge in [0.05, 0.1) is 22.2 Å². The molecule has 1 heterocycles. The lowest BCUT2D eigenvalue weighted by Crippen LogP contribution is -2.19. The molecule has 1 aromatic carbocycles. The van der Waals surface area contributed by atoms with Crippen molar-refractivity contribution >= 4 is 35.0 Å². The van der Waals surface area contributed by atoms with Gasteiger partial charge in [0.1, 0.15) is 29.7 Å². The summed E-state index contributed by atoms with van der Waals surface area (Å²) in [5.74, 6) is -1.52. The molecule has 1 aromatic heterocycles. The molecule has 0 spiro atoms. The first kappa shape index (κ1) is 23.6. The van der Waals surface area contributed by atoms with E-state index in [4.69, 9.17) is 23.2 Å². The Bertz CT molecular complexity index is 988. The second-order valence-electron chi connectivity index (χ2n) is 5.54. The normalized spacial score (nSPS) is 11.9. The van der Waals surface area contributed by atoms with E-state index in [1.54, 1.807) is 0 Å². The number of hydrogen-bond donors (Lipinski definition) is 1. The van der Waals surface area contributed by atoms with Gasteiger partial charge >= 0.3 is 18.3 Å². The number of nitrogens with one attached hydrogen (secondary N) is 1. The van der Waals surface area contributed by atoms with Crippen LogP contribution in [0.2, 0.25) is 10.0 Å².